The summed E-state index contributed by atoms with van der Waals surface area (Å²) in [5, 5.41) is 8.77. The molecule has 0 bridgehead atoms. The number of rotatable bonds is 6. The number of hydrogen-bond acceptors (Lipinski definition) is 3. The molecule has 1 saturated heterocycles. The first kappa shape index (κ1) is 16.2. The maximum Gasteiger partial charge on any atom is 0.220 e. The van der Waals surface area contributed by atoms with Crippen LogP contribution in [0, 0.1) is 0 Å². The highest BCUT2D eigenvalue weighted by molar-refractivity contribution is 5.85. The van der Waals surface area contributed by atoms with E-state index in [1.807, 2.05) is 0 Å². The predicted molar refractivity (Wildman–Crippen MR) is 69.2 cm³/mol. The first-order valence-electron chi connectivity index (χ1n) is 5.93. The molecular weight excluding hydrogens is 242 g/mol. The van der Waals surface area contributed by atoms with Crippen LogP contribution in [0.25, 0.3) is 0 Å². The fourth-order valence-corrected chi connectivity index (χ4v) is 1.84. The van der Waals surface area contributed by atoms with E-state index in [0.29, 0.717) is 25.6 Å². The molecule has 17 heavy (non-hydrogen) atoms. The average molecular weight is 264 g/mol. The van der Waals surface area contributed by atoms with Crippen LogP contribution in [-0.2, 0) is 9.59 Å². The van der Waals surface area contributed by atoms with E-state index in [2.05, 4.69) is 16.0 Å². The van der Waals surface area contributed by atoms with Crippen molar-refractivity contribution in [1.82, 2.24) is 16.0 Å². The molecule has 1 rings (SSSR count). The highest BCUT2D eigenvalue weighted by atomic mass is 35.5. The van der Waals surface area contributed by atoms with E-state index in [1.54, 1.807) is 0 Å². The lowest BCUT2D eigenvalue weighted by molar-refractivity contribution is -0.122. The topological polar surface area (TPSA) is 70.2 Å². The highest BCUT2D eigenvalue weighted by Crippen LogP contribution is 2.10. The predicted octanol–water partition coefficient (Wildman–Crippen LogP) is 0.193. The quantitative estimate of drug-likeness (QED) is 0.600. The van der Waals surface area contributed by atoms with Gasteiger partial charge in [-0.2, -0.15) is 0 Å². The van der Waals surface area contributed by atoms with Crippen LogP contribution in [0.5, 0.6) is 0 Å². The van der Waals surface area contributed by atoms with Crippen LogP contribution in [0.15, 0.2) is 0 Å². The van der Waals surface area contributed by atoms with Gasteiger partial charge in [0.1, 0.15) is 0 Å². The van der Waals surface area contributed by atoms with Crippen molar-refractivity contribution in [3.63, 3.8) is 0 Å². The van der Waals surface area contributed by atoms with Crippen LogP contribution in [0.2, 0.25) is 0 Å². The van der Waals surface area contributed by atoms with Gasteiger partial charge in [0.05, 0.1) is 0 Å². The van der Waals surface area contributed by atoms with E-state index in [1.165, 1.54) is 19.8 Å². The zero-order valence-electron chi connectivity index (χ0n) is 10.3. The molecule has 0 saturated carbocycles. The number of amides is 2. The first-order valence-corrected chi connectivity index (χ1v) is 5.93. The second-order valence-electron chi connectivity index (χ2n) is 4.16. The first-order chi connectivity index (χ1) is 7.68. The van der Waals surface area contributed by atoms with E-state index in [4.69, 9.17) is 0 Å². The molecule has 1 atom stereocenters. The second kappa shape index (κ2) is 9.24. The summed E-state index contributed by atoms with van der Waals surface area (Å²) in [6.07, 6.45) is 3.87. The van der Waals surface area contributed by atoms with Crippen molar-refractivity contribution in [3.05, 3.63) is 0 Å². The van der Waals surface area contributed by atoms with Crippen LogP contribution in [0.1, 0.15) is 32.6 Å². The fourth-order valence-electron chi connectivity index (χ4n) is 1.84. The Hall–Kier alpha value is -0.810. The zero-order valence-corrected chi connectivity index (χ0v) is 11.1. The molecule has 0 aliphatic carbocycles. The van der Waals surface area contributed by atoms with E-state index in [-0.39, 0.29) is 24.2 Å². The monoisotopic (exact) mass is 263 g/mol. The van der Waals surface area contributed by atoms with Crippen LogP contribution in [-0.4, -0.2) is 37.5 Å². The standard InChI is InChI=1S/C11H21N3O2.ClH/c1-9(15)12-7-8-14-11(16)5-4-10-3-2-6-13-10;/h10,13H,2-8H2,1H3,(H,12,15)(H,14,16);1H. The third-order valence-electron chi connectivity index (χ3n) is 2.70. The van der Waals surface area contributed by atoms with Crippen molar-refractivity contribution in [2.75, 3.05) is 19.6 Å². The molecule has 1 fully saturated rings. The SMILES string of the molecule is CC(=O)NCCNC(=O)CCC1CCCN1.Cl. The minimum absolute atomic E-state index is 0. The Balaban J connectivity index is 0.00000256. The smallest absolute Gasteiger partial charge is 0.220 e. The van der Waals surface area contributed by atoms with Crippen molar-refractivity contribution >= 4 is 24.2 Å². The Morgan fingerprint density at radius 1 is 1.29 bits per heavy atom. The molecule has 0 aromatic rings. The summed E-state index contributed by atoms with van der Waals surface area (Å²) < 4.78 is 0. The van der Waals surface area contributed by atoms with Gasteiger partial charge in [-0.25, -0.2) is 0 Å². The summed E-state index contributed by atoms with van der Waals surface area (Å²) in [4.78, 5) is 21.9. The second-order valence-corrected chi connectivity index (χ2v) is 4.16. The van der Waals surface area contributed by atoms with Gasteiger partial charge < -0.3 is 16.0 Å². The maximum atomic E-state index is 11.4. The van der Waals surface area contributed by atoms with Crippen molar-refractivity contribution in [1.29, 1.82) is 0 Å². The molecular formula is C11H22ClN3O2. The molecule has 5 nitrogen and oxygen atoms in total. The van der Waals surface area contributed by atoms with Gasteiger partial charge >= 0.3 is 0 Å². The van der Waals surface area contributed by atoms with Crippen LogP contribution < -0.4 is 16.0 Å². The summed E-state index contributed by atoms with van der Waals surface area (Å²) in [6.45, 7) is 3.56. The van der Waals surface area contributed by atoms with Crippen LogP contribution in [0.3, 0.4) is 0 Å². The van der Waals surface area contributed by atoms with E-state index in [9.17, 15) is 9.59 Å². The number of carbonyl (C=O) groups is 2. The minimum atomic E-state index is -0.0654. The van der Waals surface area contributed by atoms with Gasteiger partial charge in [-0.3, -0.25) is 9.59 Å². The third-order valence-corrected chi connectivity index (χ3v) is 2.70. The van der Waals surface area contributed by atoms with Crippen LogP contribution in [0.4, 0.5) is 0 Å². The molecule has 1 unspecified atom stereocenters. The van der Waals surface area contributed by atoms with E-state index >= 15 is 0 Å². The Bertz CT molecular complexity index is 243. The van der Waals surface area contributed by atoms with Gasteiger partial charge in [-0.15, -0.1) is 12.4 Å². The number of carbonyl (C=O) groups excluding carboxylic acids is 2. The molecule has 3 N–H and O–H groups in total. The van der Waals surface area contributed by atoms with Gasteiger partial charge in [-0.1, -0.05) is 0 Å². The van der Waals surface area contributed by atoms with Crippen LogP contribution >= 0.6 is 12.4 Å². The van der Waals surface area contributed by atoms with E-state index in [0.717, 1.165) is 13.0 Å². The number of hydrogen-bond donors (Lipinski definition) is 3. The van der Waals surface area contributed by atoms with Crippen molar-refractivity contribution in [2.45, 2.75) is 38.6 Å². The molecule has 2 amide bonds. The molecule has 1 aliphatic rings. The Morgan fingerprint density at radius 2 is 2.00 bits per heavy atom. The average Bonchev–Trinajstić information content (AvgIpc) is 2.74. The normalized spacial score (nSPS) is 18.3. The molecule has 1 aliphatic heterocycles. The molecule has 0 aromatic carbocycles. The maximum absolute atomic E-state index is 11.4. The third kappa shape index (κ3) is 7.99. The molecule has 100 valence electrons. The largest absolute Gasteiger partial charge is 0.355 e. The molecule has 0 spiro atoms. The molecule has 6 heteroatoms. The molecule has 0 aromatic heterocycles. The molecule has 0 radical (unpaired) electrons. The van der Waals surface area contributed by atoms with Gasteiger partial charge in [0, 0.05) is 32.5 Å². The van der Waals surface area contributed by atoms with E-state index < -0.39 is 0 Å². The minimum Gasteiger partial charge on any atom is -0.355 e. The Morgan fingerprint density at radius 3 is 2.59 bits per heavy atom. The Labute approximate surface area is 109 Å². The number of halogens is 1. The highest BCUT2D eigenvalue weighted by Gasteiger charge is 2.14. The Kier molecular flexibility index (Phi) is 8.80. The summed E-state index contributed by atoms with van der Waals surface area (Å²) in [5.41, 5.74) is 0. The van der Waals surface area contributed by atoms with Crippen molar-refractivity contribution in [3.8, 4) is 0 Å². The zero-order chi connectivity index (χ0) is 11.8. The molecule has 1 heterocycles. The van der Waals surface area contributed by atoms with Gasteiger partial charge in [-0.05, 0) is 25.8 Å². The van der Waals surface area contributed by atoms with Crippen molar-refractivity contribution in [2.24, 2.45) is 0 Å². The summed E-state index contributed by atoms with van der Waals surface area (Å²) in [5.74, 6) is 0.00320. The van der Waals surface area contributed by atoms with Gasteiger partial charge in [0.2, 0.25) is 11.8 Å². The fraction of sp³-hybridized carbons (Fsp3) is 0.818. The van der Waals surface area contributed by atoms with Gasteiger partial charge in [0.25, 0.3) is 0 Å². The summed E-state index contributed by atoms with van der Waals surface area (Å²) >= 11 is 0. The number of nitrogens with one attached hydrogen (secondary N) is 3. The lowest BCUT2D eigenvalue weighted by atomic mass is 10.1. The summed E-state index contributed by atoms with van der Waals surface area (Å²) in [6, 6.07) is 0.515. The lowest BCUT2D eigenvalue weighted by Crippen LogP contribution is -2.34. The van der Waals surface area contributed by atoms with Crippen molar-refractivity contribution < 1.29 is 9.59 Å². The van der Waals surface area contributed by atoms with Gasteiger partial charge in [0.15, 0.2) is 0 Å². The lowest BCUT2D eigenvalue weighted by Gasteiger charge is -2.10. The summed E-state index contributed by atoms with van der Waals surface area (Å²) in [7, 11) is 0.